The van der Waals surface area contributed by atoms with Crippen LogP contribution in [-0.4, -0.2) is 0 Å². The molecule has 13 heavy (non-hydrogen) atoms. The van der Waals surface area contributed by atoms with Crippen molar-refractivity contribution in [3.63, 3.8) is 0 Å². The normalized spacial score (nSPS) is 10.2. The third-order valence-corrected chi connectivity index (χ3v) is 3.08. The summed E-state index contributed by atoms with van der Waals surface area (Å²) in [5, 5.41) is 10.6. The second-order valence-corrected chi connectivity index (χ2v) is 3.92. The van der Waals surface area contributed by atoms with Gasteiger partial charge in [-0.25, -0.2) is 4.39 Å². The van der Waals surface area contributed by atoms with Crippen molar-refractivity contribution in [1.29, 1.82) is 5.26 Å². The van der Waals surface area contributed by atoms with Crippen molar-refractivity contribution in [1.82, 2.24) is 0 Å². The first-order chi connectivity index (χ1) is 6.24. The number of nitrogens with zero attached hydrogens (tertiary/aromatic N) is 1. The maximum absolute atomic E-state index is 13.2. The zero-order valence-corrected chi connectivity index (χ0v) is 8.12. The third-order valence-electron chi connectivity index (χ3n) is 1.79. The predicted octanol–water partition coefficient (Wildman–Crippen LogP) is 3.20. The van der Waals surface area contributed by atoms with Gasteiger partial charge in [-0.2, -0.15) is 5.26 Å². The van der Waals surface area contributed by atoms with E-state index >= 15 is 0 Å². The Morgan fingerprint density at radius 3 is 2.92 bits per heavy atom. The van der Waals surface area contributed by atoms with E-state index in [1.165, 1.54) is 16.7 Å². The van der Waals surface area contributed by atoms with E-state index < -0.39 is 0 Å². The number of hydrogen-bond acceptors (Lipinski definition) is 3. The van der Waals surface area contributed by atoms with Gasteiger partial charge in [0.25, 0.3) is 0 Å². The zero-order valence-electron chi connectivity index (χ0n) is 6.41. The maximum Gasteiger partial charge on any atom is 0.143 e. The second-order valence-electron chi connectivity index (χ2n) is 2.53. The minimum Gasteiger partial charge on any atom is -0.205 e. The standard InChI is InChI=1S/C9H4FNS2/c10-6-4-13-8-2-1-7(12)5(3-11)9(6)8/h1-2,4,12H. The number of rotatable bonds is 0. The van der Waals surface area contributed by atoms with E-state index in [2.05, 4.69) is 12.6 Å². The summed E-state index contributed by atoms with van der Waals surface area (Å²) >= 11 is 5.38. The molecule has 0 aliphatic rings. The zero-order chi connectivity index (χ0) is 9.42. The van der Waals surface area contributed by atoms with E-state index in [0.29, 0.717) is 15.8 Å². The molecular formula is C9H4FNS2. The summed E-state index contributed by atoms with van der Waals surface area (Å²) < 4.78 is 14.0. The van der Waals surface area contributed by atoms with Crippen LogP contribution in [0.1, 0.15) is 5.56 Å². The molecule has 0 saturated carbocycles. The second kappa shape index (κ2) is 3.02. The molecule has 1 heterocycles. The first-order valence-electron chi connectivity index (χ1n) is 3.53. The maximum atomic E-state index is 13.2. The molecule has 4 heteroatoms. The Balaban J connectivity index is 2.99. The molecule has 1 nitrogen and oxygen atoms in total. The van der Waals surface area contributed by atoms with Crippen LogP contribution in [0.4, 0.5) is 4.39 Å². The van der Waals surface area contributed by atoms with E-state index in [4.69, 9.17) is 5.26 Å². The number of benzene rings is 1. The van der Waals surface area contributed by atoms with Crippen molar-refractivity contribution >= 4 is 34.1 Å². The van der Waals surface area contributed by atoms with Crippen LogP contribution in [0.3, 0.4) is 0 Å². The molecule has 0 spiro atoms. The van der Waals surface area contributed by atoms with Gasteiger partial charge in [0.15, 0.2) is 0 Å². The van der Waals surface area contributed by atoms with Gasteiger partial charge in [-0.1, -0.05) is 0 Å². The third kappa shape index (κ3) is 1.21. The van der Waals surface area contributed by atoms with Gasteiger partial charge in [-0.05, 0) is 12.1 Å². The predicted molar refractivity (Wildman–Crippen MR) is 53.8 cm³/mol. The quantitative estimate of drug-likeness (QED) is 0.662. The fourth-order valence-corrected chi connectivity index (χ4v) is 2.24. The van der Waals surface area contributed by atoms with Crippen LogP contribution < -0.4 is 0 Å². The van der Waals surface area contributed by atoms with Gasteiger partial charge in [0.1, 0.15) is 11.9 Å². The highest BCUT2D eigenvalue weighted by Crippen LogP contribution is 2.30. The summed E-state index contributed by atoms with van der Waals surface area (Å²) in [6.07, 6.45) is 0. The largest absolute Gasteiger partial charge is 0.205 e. The first kappa shape index (κ1) is 8.54. The highest BCUT2D eigenvalue weighted by atomic mass is 32.1. The molecule has 0 aliphatic heterocycles. The van der Waals surface area contributed by atoms with E-state index in [9.17, 15) is 4.39 Å². The van der Waals surface area contributed by atoms with E-state index in [-0.39, 0.29) is 5.82 Å². The van der Waals surface area contributed by atoms with Crippen LogP contribution in [0.2, 0.25) is 0 Å². The van der Waals surface area contributed by atoms with E-state index in [1.54, 1.807) is 12.1 Å². The SMILES string of the molecule is N#Cc1c(S)ccc2scc(F)c12. The summed E-state index contributed by atoms with van der Waals surface area (Å²) in [5.74, 6) is -0.340. The summed E-state index contributed by atoms with van der Waals surface area (Å²) in [7, 11) is 0. The lowest BCUT2D eigenvalue weighted by Gasteiger charge is -1.96. The molecule has 64 valence electrons. The fourth-order valence-electron chi connectivity index (χ4n) is 1.20. The van der Waals surface area contributed by atoms with Crippen LogP contribution in [-0.2, 0) is 0 Å². The van der Waals surface area contributed by atoms with Gasteiger partial charge in [0, 0.05) is 20.4 Å². The molecule has 1 aromatic heterocycles. The Labute approximate surface area is 83.8 Å². The summed E-state index contributed by atoms with van der Waals surface area (Å²) in [6.45, 7) is 0. The Hall–Kier alpha value is -1.05. The van der Waals surface area contributed by atoms with Crippen LogP contribution in [0.5, 0.6) is 0 Å². The number of nitriles is 1. The van der Waals surface area contributed by atoms with Gasteiger partial charge in [0.2, 0.25) is 0 Å². The molecule has 1 aromatic carbocycles. The highest BCUT2D eigenvalue weighted by Gasteiger charge is 2.10. The lowest BCUT2D eigenvalue weighted by atomic mass is 10.1. The van der Waals surface area contributed by atoms with E-state index in [1.807, 2.05) is 6.07 Å². The number of thiophene rings is 1. The summed E-state index contributed by atoms with van der Waals surface area (Å²) in [4.78, 5) is 0.521. The number of thiol groups is 1. The Kier molecular flexibility index (Phi) is 1.98. The molecule has 0 N–H and O–H groups in total. The first-order valence-corrected chi connectivity index (χ1v) is 4.85. The fraction of sp³-hybridized carbons (Fsp3) is 0. The monoisotopic (exact) mass is 209 g/mol. The topological polar surface area (TPSA) is 23.8 Å². The van der Waals surface area contributed by atoms with Gasteiger partial charge in [-0.3, -0.25) is 0 Å². The van der Waals surface area contributed by atoms with Crippen molar-refractivity contribution in [2.75, 3.05) is 0 Å². The molecule has 0 fully saturated rings. The van der Waals surface area contributed by atoms with E-state index in [0.717, 1.165) is 4.70 Å². The number of hydrogen-bond donors (Lipinski definition) is 1. The molecule has 0 saturated heterocycles. The number of fused-ring (bicyclic) bond motifs is 1. The van der Waals surface area contributed by atoms with Gasteiger partial charge in [0.05, 0.1) is 5.56 Å². The van der Waals surface area contributed by atoms with Crippen LogP contribution >= 0.6 is 24.0 Å². The Morgan fingerprint density at radius 2 is 2.23 bits per heavy atom. The van der Waals surface area contributed by atoms with Gasteiger partial charge >= 0.3 is 0 Å². The van der Waals surface area contributed by atoms with Crippen molar-refractivity contribution in [3.05, 3.63) is 28.9 Å². The molecule has 0 unspecified atom stereocenters. The van der Waals surface area contributed by atoms with Crippen molar-refractivity contribution in [3.8, 4) is 6.07 Å². The Bertz CT molecular complexity index is 510. The molecule has 0 aliphatic carbocycles. The van der Waals surface area contributed by atoms with Crippen LogP contribution in [0.25, 0.3) is 10.1 Å². The Morgan fingerprint density at radius 1 is 1.46 bits per heavy atom. The average Bonchev–Trinajstić information content (AvgIpc) is 2.49. The van der Waals surface area contributed by atoms with Crippen molar-refractivity contribution in [2.45, 2.75) is 4.90 Å². The average molecular weight is 209 g/mol. The van der Waals surface area contributed by atoms with Crippen LogP contribution in [0, 0.1) is 17.1 Å². The smallest absolute Gasteiger partial charge is 0.143 e. The molecule has 0 radical (unpaired) electrons. The molecular weight excluding hydrogens is 205 g/mol. The minimum absolute atomic E-state index is 0.319. The van der Waals surface area contributed by atoms with Crippen molar-refractivity contribution < 1.29 is 4.39 Å². The van der Waals surface area contributed by atoms with Crippen molar-refractivity contribution in [2.24, 2.45) is 0 Å². The lowest BCUT2D eigenvalue weighted by Crippen LogP contribution is -1.80. The molecule has 0 atom stereocenters. The molecule has 2 aromatic rings. The minimum atomic E-state index is -0.340. The molecule has 2 rings (SSSR count). The molecule has 0 amide bonds. The lowest BCUT2D eigenvalue weighted by molar-refractivity contribution is 0.644. The van der Waals surface area contributed by atoms with Crippen LogP contribution in [0.15, 0.2) is 22.4 Å². The summed E-state index contributed by atoms with van der Waals surface area (Å²) in [5.41, 5.74) is 0.319. The number of halogens is 1. The summed E-state index contributed by atoms with van der Waals surface area (Å²) in [6, 6.07) is 5.43. The molecule has 0 bridgehead atoms. The highest BCUT2D eigenvalue weighted by molar-refractivity contribution is 7.80. The van der Waals surface area contributed by atoms with Gasteiger partial charge in [-0.15, -0.1) is 24.0 Å². The van der Waals surface area contributed by atoms with Gasteiger partial charge < -0.3 is 0 Å².